The third-order valence-corrected chi connectivity index (χ3v) is 5.08. The molecule has 0 unspecified atom stereocenters. The number of aliphatic hydroxyl groups excluding tert-OH is 2. The Morgan fingerprint density at radius 1 is 1.09 bits per heavy atom. The molecule has 0 saturated carbocycles. The number of aliphatic hydroxyl groups is 2. The Hall–Kier alpha value is -2.85. The zero-order chi connectivity index (χ0) is 26.2. The van der Waals surface area contributed by atoms with Crippen LogP contribution in [0.1, 0.15) is 33.6 Å². The summed E-state index contributed by atoms with van der Waals surface area (Å²) in [7, 11) is 0. The number of carboxylic acids is 1. The van der Waals surface area contributed by atoms with Gasteiger partial charge in [-0.15, -0.1) is 0 Å². The molecule has 0 aromatic carbocycles. The quantitative estimate of drug-likeness (QED) is 0.129. The first-order valence-electron chi connectivity index (χ1n) is 10.5. The Morgan fingerprint density at radius 2 is 1.71 bits per heavy atom. The number of rotatable bonds is 12. The molecule has 0 bridgehead atoms. The molecule has 1 fully saturated rings. The van der Waals surface area contributed by atoms with Crippen molar-refractivity contribution < 1.29 is 48.8 Å². The van der Waals surface area contributed by atoms with Gasteiger partial charge in [0.05, 0.1) is 0 Å². The van der Waals surface area contributed by atoms with E-state index in [4.69, 9.17) is 26.0 Å². The predicted molar refractivity (Wildman–Crippen MR) is 113 cm³/mol. The van der Waals surface area contributed by atoms with Gasteiger partial charge in [0.2, 0.25) is 23.6 Å². The van der Waals surface area contributed by atoms with Gasteiger partial charge in [0.15, 0.2) is 6.29 Å². The second-order valence-corrected chi connectivity index (χ2v) is 7.89. The molecule has 15 heteroatoms. The van der Waals surface area contributed by atoms with Crippen molar-refractivity contribution in [3.8, 4) is 0 Å². The number of primary amides is 1. The first-order chi connectivity index (χ1) is 15.8. The van der Waals surface area contributed by atoms with Crippen LogP contribution in [0, 0.1) is 0 Å². The number of carbonyl (C=O) groups is 5. The Kier molecular flexibility index (Phi) is 11.3. The molecule has 1 heterocycles. The lowest BCUT2D eigenvalue weighted by molar-refractivity contribution is -0.258. The first-order valence-corrected chi connectivity index (χ1v) is 10.5. The summed E-state index contributed by atoms with van der Waals surface area (Å²) in [6, 6.07) is -3.63. The Labute approximate surface area is 195 Å². The lowest BCUT2D eigenvalue weighted by Crippen LogP contribution is -2.66. The van der Waals surface area contributed by atoms with Gasteiger partial charge in [0.1, 0.15) is 42.5 Å². The molecular weight excluding hydrogens is 458 g/mol. The molecule has 1 aliphatic heterocycles. The number of amides is 4. The van der Waals surface area contributed by atoms with Crippen LogP contribution in [0.4, 0.5) is 0 Å². The standard InChI is InChI=1S/C19H33N5O10/c1-7(17(30)24-10(16(21)29)4-5-12(26)27)22-18(31)8(2)33-15-13(23-9(3)25)19(32)34-11(6-20)14(15)28/h7-8,10-11,13-15,19,28,32H,4-6,20H2,1-3H3,(H2,21,29)(H,22,31)(H,23,25)(H,24,30)(H,26,27)/t7-,8+,10+,11+,13+,14+,15+,19+/m0/s1. The molecule has 194 valence electrons. The number of hydrogen-bond acceptors (Lipinski definition) is 10. The van der Waals surface area contributed by atoms with Crippen molar-refractivity contribution in [1.29, 1.82) is 0 Å². The topological polar surface area (TPSA) is 253 Å². The summed E-state index contributed by atoms with van der Waals surface area (Å²) in [6.45, 7) is 3.63. The van der Waals surface area contributed by atoms with E-state index in [0.29, 0.717) is 0 Å². The van der Waals surface area contributed by atoms with Crippen molar-refractivity contribution >= 4 is 29.6 Å². The molecule has 0 spiro atoms. The summed E-state index contributed by atoms with van der Waals surface area (Å²) >= 11 is 0. The van der Waals surface area contributed by atoms with E-state index in [9.17, 15) is 34.2 Å². The highest BCUT2D eigenvalue weighted by molar-refractivity contribution is 5.92. The van der Waals surface area contributed by atoms with Gasteiger partial charge in [-0.05, 0) is 20.3 Å². The lowest BCUT2D eigenvalue weighted by Gasteiger charge is -2.43. The van der Waals surface area contributed by atoms with E-state index in [1.165, 1.54) is 20.8 Å². The molecule has 34 heavy (non-hydrogen) atoms. The number of carboxylic acid groups (broad SMARTS) is 1. The molecule has 4 amide bonds. The maximum atomic E-state index is 12.6. The number of nitrogens with two attached hydrogens (primary N) is 2. The molecule has 0 aromatic rings. The van der Waals surface area contributed by atoms with E-state index in [-0.39, 0.29) is 13.0 Å². The third-order valence-electron chi connectivity index (χ3n) is 5.08. The minimum absolute atomic E-state index is 0.175. The Balaban J connectivity index is 2.80. The van der Waals surface area contributed by atoms with Crippen molar-refractivity contribution in [1.82, 2.24) is 16.0 Å². The van der Waals surface area contributed by atoms with Gasteiger partial charge in [-0.3, -0.25) is 24.0 Å². The van der Waals surface area contributed by atoms with Crippen LogP contribution in [-0.4, -0.2) is 100 Å². The SMILES string of the molecule is CC(=O)N[C@@H]1[C@@H](O[C@H](C)C(=O)N[C@@H](C)C(=O)N[C@H](CCC(=O)O)C(N)=O)[C@H](O)[C@@H](CN)O[C@H]1O. The van der Waals surface area contributed by atoms with Crippen molar-refractivity contribution in [3.63, 3.8) is 0 Å². The van der Waals surface area contributed by atoms with E-state index >= 15 is 0 Å². The number of aliphatic carboxylic acids is 1. The summed E-state index contributed by atoms with van der Waals surface area (Å²) in [5.74, 6) is -4.24. The van der Waals surface area contributed by atoms with Crippen LogP contribution in [-0.2, 0) is 33.4 Å². The molecule has 0 aliphatic carbocycles. The highest BCUT2D eigenvalue weighted by Crippen LogP contribution is 2.23. The summed E-state index contributed by atoms with van der Waals surface area (Å²) < 4.78 is 10.8. The largest absolute Gasteiger partial charge is 0.481 e. The second-order valence-electron chi connectivity index (χ2n) is 7.89. The van der Waals surface area contributed by atoms with E-state index in [0.717, 1.165) is 0 Å². The fraction of sp³-hybridized carbons (Fsp3) is 0.737. The van der Waals surface area contributed by atoms with Crippen LogP contribution in [0.2, 0.25) is 0 Å². The lowest BCUT2D eigenvalue weighted by atomic mass is 9.96. The molecule has 0 radical (unpaired) electrons. The van der Waals surface area contributed by atoms with E-state index in [1.54, 1.807) is 0 Å². The maximum Gasteiger partial charge on any atom is 0.303 e. The Bertz CT molecular complexity index is 766. The van der Waals surface area contributed by atoms with Gasteiger partial charge >= 0.3 is 5.97 Å². The predicted octanol–water partition coefficient (Wildman–Crippen LogP) is -4.36. The zero-order valence-corrected chi connectivity index (χ0v) is 19.1. The highest BCUT2D eigenvalue weighted by atomic mass is 16.6. The average molecular weight is 491 g/mol. The van der Waals surface area contributed by atoms with Crippen molar-refractivity contribution in [2.24, 2.45) is 11.5 Å². The zero-order valence-electron chi connectivity index (χ0n) is 19.1. The summed E-state index contributed by atoms with van der Waals surface area (Å²) in [5, 5.41) is 36.4. The van der Waals surface area contributed by atoms with Gasteiger partial charge in [-0.2, -0.15) is 0 Å². The minimum atomic E-state index is -1.57. The first kappa shape index (κ1) is 29.2. The van der Waals surface area contributed by atoms with E-state index in [2.05, 4.69) is 16.0 Å². The van der Waals surface area contributed by atoms with E-state index < -0.39 is 84.9 Å². The molecule has 10 N–H and O–H groups in total. The van der Waals surface area contributed by atoms with Gasteiger partial charge in [0, 0.05) is 19.9 Å². The molecule has 8 atom stereocenters. The average Bonchev–Trinajstić information content (AvgIpc) is 2.74. The highest BCUT2D eigenvalue weighted by Gasteiger charge is 2.46. The molecule has 1 saturated heterocycles. The molecule has 0 aromatic heterocycles. The van der Waals surface area contributed by atoms with Crippen LogP contribution >= 0.6 is 0 Å². The van der Waals surface area contributed by atoms with Crippen LogP contribution in [0.5, 0.6) is 0 Å². The summed E-state index contributed by atoms with van der Waals surface area (Å²) in [6.07, 6.45) is -7.17. The number of hydrogen-bond donors (Lipinski definition) is 8. The number of ether oxygens (including phenoxy) is 2. The minimum Gasteiger partial charge on any atom is -0.481 e. The smallest absolute Gasteiger partial charge is 0.303 e. The maximum absolute atomic E-state index is 12.6. The molecule has 1 rings (SSSR count). The third kappa shape index (κ3) is 8.49. The molecule has 15 nitrogen and oxygen atoms in total. The monoisotopic (exact) mass is 491 g/mol. The number of carbonyl (C=O) groups excluding carboxylic acids is 4. The number of nitrogens with one attached hydrogen (secondary N) is 3. The van der Waals surface area contributed by atoms with Gasteiger partial charge < -0.3 is 52.2 Å². The molecule has 1 aliphatic rings. The summed E-state index contributed by atoms with van der Waals surface area (Å²) in [4.78, 5) is 58.5. The van der Waals surface area contributed by atoms with Gasteiger partial charge in [-0.25, -0.2) is 0 Å². The fourth-order valence-corrected chi connectivity index (χ4v) is 3.22. The summed E-state index contributed by atoms with van der Waals surface area (Å²) in [5.41, 5.74) is 10.7. The van der Waals surface area contributed by atoms with E-state index in [1.807, 2.05) is 0 Å². The van der Waals surface area contributed by atoms with Crippen LogP contribution < -0.4 is 27.4 Å². The van der Waals surface area contributed by atoms with Crippen LogP contribution in [0.15, 0.2) is 0 Å². The Morgan fingerprint density at radius 3 is 2.21 bits per heavy atom. The van der Waals surface area contributed by atoms with Crippen LogP contribution in [0.3, 0.4) is 0 Å². The van der Waals surface area contributed by atoms with Crippen molar-refractivity contribution in [2.75, 3.05) is 6.54 Å². The van der Waals surface area contributed by atoms with Crippen molar-refractivity contribution in [3.05, 3.63) is 0 Å². The van der Waals surface area contributed by atoms with Gasteiger partial charge in [-0.1, -0.05) is 0 Å². The molecular formula is C19H33N5O10. The van der Waals surface area contributed by atoms with Crippen molar-refractivity contribution in [2.45, 2.75) is 82.4 Å². The van der Waals surface area contributed by atoms with Crippen LogP contribution in [0.25, 0.3) is 0 Å². The normalized spacial score (nSPS) is 27.1. The second kappa shape index (κ2) is 13.1. The van der Waals surface area contributed by atoms with Gasteiger partial charge in [0.25, 0.3) is 0 Å². The fourth-order valence-electron chi connectivity index (χ4n) is 3.22.